The van der Waals surface area contributed by atoms with Gasteiger partial charge in [-0.25, -0.2) is 13.1 Å². The number of halogens is 1. The summed E-state index contributed by atoms with van der Waals surface area (Å²) in [5.41, 5.74) is 0.767. The molecule has 0 amide bonds. The minimum Gasteiger partial charge on any atom is -0.492 e. The summed E-state index contributed by atoms with van der Waals surface area (Å²) < 4.78 is 32.1. The van der Waals surface area contributed by atoms with Crippen molar-refractivity contribution in [1.82, 2.24) is 4.72 Å². The number of nitrogens with one attached hydrogen (secondary N) is 1. The van der Waals surface area contributed by atoms with E-state index in [-0.39, 0.29) is 11.4 Å². The first-order chi connectivity index (χ1) is 10.0. The average molecular weight is 326 g/mol. The summed E-state index contributed by atoms with van der Waals surface area (Å²) in [6.45, 7) is 2.57. The third-order valence-electron chi connectivity index (χ3n) is 2.82. The largest absolute Gasteiger partial charge is 0.492 e. The van der Waals surface area contributed by atoms with Crippen molar-refractivity contribution in [3.05, 3.63) is 59.1 Å². The second kappa shape index (κ2) is 6.93. The van der Waals surface area contributed by atoms with Gasteiger partial charge < -0.3 is 4.74 Å². The van der Waals surface area contributed by atoms with Gasteiger partial charge in [0.25, 0.3) is 0 Å². The summed E-state index contributed by atoms with van der Waals surface area (Å²) in [5.74, 6) is 0.592. The maximum absolute atomic E-state index is 12.1. The van der Waals surface area contributed by atoms with Crippen LogP contribution in [-0.2, 0) is 16.6 Å². The fourth-order valence-electron chi connectivity index (χ4n) is 1.79. The Balaban J connectivity index is 2.08. The van der Waals surface area contributed by atoms with Gasteiger partial charge in [-0.1, -0.05) is 35.9 Å². The molecule has 0 aliphatic carbocycles. The molecule has 0 aromatic heterocycles. The van der Waals surface area contributed by atoms with E-state index in [0.717, 1.165) is 5.56 Å². The van der Waals surface area contributed by atoms with Crippen LogP contribution in [0.15, 0.2) is 53.4 Å². The van der Waals surface area contributed by atoms with Gasteiger partial charge in [-0.15, -0.1) is 0 Å². The molecule has 4 nitrogen and oxygen atoms in total. The molecule has 0 saturated carbocycles. The lowest BCUT2D eigenvalue weighted by Crippen LogP contribution is -2.23. The lowest BCUT2D eigenvalue weighted by atomic mass is 10.2. The summed E-state index contributed by atoms with van der Waals surface area (Å²) in [7, 11) is -3.52. The molecule has 0 heterocycles. The SMILES string of the molecule is CCOc1ccc(CNS(=O)(=O)c2ccccc2)cc1Cl. The van der Waals surface area contributed by atoms with Gasteiger partial charge in [-0.05, 0) is 36.8 Å². The fourth-order valence-corrected chi connectivity index (χ4v) is 3.08. The van der Waals surface area contributed by atoms with Crippen molar-refractivity contribution in [3.8, 4) is 5.75 Å². The van der Waals surface area contributed by atoms with Crippen LogP contribution in [0.1, 0.15) is 12.5 Å². The molecule has 0 atom stereocenters. The summed E-state index contributed by atoms with van der Waals surface area (Å²) in [6, 6.07) is 13.4. The van der Waals surface area contributed by atoms with Gasteiger partial charge in [-0.2, -0.15) is 0 Å². The second-order valence-electron chi connectivity index (χ2n) is 4.34. The number of benzene rings is 2. The standard InChI is InChI=1S/C15H16ClNO3S/c1-2-20-15-9-8-12(10-14(15)16)11-17-21(18,19)13-6-4-3-5-7-13/h3-10,17H,2,11H2,1H3. The van der Waals surface area contributed by atoms with Crippen molar-refractivity contribution in [2.45, 2.75) is 18.4 Å². The number of hydrogen-bond donors (Lipinski definition) is 1. The molecule has 0 radical (unpaired) electrons. The first kappa shape index (κ1) is 15.8. The van der Waals surface area contributed by atoms with Gasteiger partial charge in [0.2, 0.25) is 10.0 Å². The Kier molecular flexibility index (Phi) is 5.22. The molecule has 0 unspecified atom stereocenters. The Bertz CT molecular complexity index is 702. The van der Waals surface area contributed by atoms with Crippen LogP contribution in [0.2, 0.25) is 5.02 Å². The second-order valence-corrected chi connectivity index (χ2v) is 6.51. The zero-order valence-electron chi connectivity index (χ0n) is 11.5. The van der Waals surface area contributed by atoms with Crippen LogP contribution in [0.5, 0.6) is 5.75 Å². The van der Waals surface area contributed by atoms with Gasteiger partial charge in [-0.3, -0.25) is 0 Å². The van der Waals surface area contributed by atoms with Crippen molar-refractivity contribution in [2.75, 3.05) is 6.61 Å². The molecule has 0 bridgehead atoms. The Morgan fingerprint density at radius 3 is 2.48 bits per heavy atom. The zero-order chi connectivity index (χ0) is 15.3. The first-order valence-corrected chi connectivity index (χ1v) is 8.35. The van der Waals surface area contributed by atoms with Crippen LogP contribution in [0, 0.1) is 0 Å². The molecule has 0 spiro atoms. The number of hydrogen-bond acceptors (Lipinski definition) is 3. The van der Waals surface area contributed by atoms with E-state index in [2.05, 4.69) is 4.72 Å². The molecule has 21 heavy (non-hydrogen) atoms. The zero-order valence-corrected chi connectivity index (χ0v) is 13.1. The highest BCUT2D eigenvalue weighted by Gasteiger charge is 2.13. The van der Waals surface area contributed by atoms with E-state index >= 15 is 0 Å². The van der Waals surface area contributed by atoms with Gasteiger partial charge in [0.05, 0.1) is 16.5 Å². The van der Waals surface area contributed by atoms with Crippen molar-refractivity contribution < 1.29 is 13.2 Å². The normalized spacial score (nSPS) is 11.3. The van der Waals surface area contributed by atoms with Crippen molar-refractivity contribution in [1.29, 1.82) is 0 Å². The molecule has 0 aliphatic heterocycles. The van der Waals surface area contributed by atoms with E-state index in [0.29, 0.717) is 17.4 Å². The Morgan fingerprint density at radius 2 is 1.86 bits per heavy atom. The number of ether oxygens (including phenoxy) is 1. The van der Waals surface area contributed by atoms with E-state index in [9.17, 15) is 8.42 Å². The highest BCUT2D eigenvalue weighted by molar-refractivity contribution is 7.89. The lowest BCUT2D eigenvalue weighted by Gasteiger charge is -2.09. The van der Waals surface area contributed by atoms with Crippen molar-refractivity contribution in [2.24, 2.45) is 0 Å². The lowest BCUT2D eigenvalue weighted by molar-refractivity contribution is 0.340. The van der Waals surface area contributed by atoms with E-state index in [1.807, 2.05) is 6.92 Å². The average Bonchev–Trinajstić information content (AvgIpc) is 2.49. The molecule has 0 saturated heterocycles. The fraction of sp³-hybridized carbons (Fsp3) is 0.200. The molecule has 2 aromatic carbocycles. The predicted molar refractivity (Wildman–Crippen MR) is 83.1 cm³/mol. The number of rotatable bonds is 6. The monoisotopic (exact) mass is 325 g/mol. The molecule has 2 rings (SSSR count). The van der Waals surface area contributed by atoms with E-state index in [1.54, 1.807) is 48.5 Å². The van der Waals surface area contributed by atoms with Crippen LogP contribution in [0.4, 0.5) is 0 Å². The Hall–Kier alpha value is -1.56. The minimum absolute atomic E-state index is 0.170. The molecule has 1 N–H and O–H groups in total. The van der Waals surface area contributed by atoms with Crippen molar-refractivity contribution >= 4 is 21.6 Å². The van der Waals surface area contributed by atoms with E-state index < -0.39 is 10.0 Å². The predicted octanol–water partition coefficient (Wildman–Crippen LogP) is 3.22. The molecule has 112 valence electrons. The summed E-state index contributed by atoms with van der Waals surface area (Å²) in [6.07, 6.45) is 0. The molecular weight excluding hydrogens is 310 g/mol. The molecule has 6 heteroatoms. The molecule has 0 aliphatic rings. The van der Waals surface area contributed by atoms with E-state index in [1.165, 1.54) is 0 Å². The van der Waals surface area contributed by atoms with Gasteiger partial charge >= 0.3 is 0 Å². The highest BCUT2D eigenvalue weighted by atomic mass is 35.5. The van der Waals surface area contributed by atoms with Crippen LogP contribution in [0.3, 0.4) is 0 Å². The van der Waals surface area contributed by atoms with Crippen LogP contribution >= 0.6 is 11.6 Å². The highest BCUT2D eigenvalue weighted by Crippen LogP contribution is 2.25. The maximum Gasteiger partial charge on any atom is 0.240 e. The topological polar surface area (TPSA) is 55.4 Å². The van der Waals surface area contributed by atoms with Crippen molar-refractivity contribution in [3.63, 3.8) is 0 Å². The van der Waals surface area contributed by atoms with Gasteiger partial charge in [0, 0.05) is 6.54 Å². The van der Waals surface area contributed by atoms with Gasteiger partial charge in [0.15, 0.2) is 0 Å². The molecule has 2 aromatic rings. The number of sulfonamides is 1. The summed E-state index contributed by atoms with van der Waals surface area (Å²) >= 11 is 6.07. The molecular formula is C15H16ClNO3S. The summed E-state index contributed by atoms with van der Waals surface area (Å²) in [4.78, 5) is 0.238. The minimum atomic E-state index is -3.52. The third-order valence-corrected chi connectivity index (χ3v) is 4.53. The van der Waals surface area contributed by atoms with Crippen LogP contribution < -0.4 is 9.46 Å². The molecule has 0 fully saturated rings. The summed E-state index contributed by atoms with van der Waals surface area (Å²) in [5, 5.41) is 0.466. The van der Waals surface area contributed by atoms with E-state index in [4.69, 9.17) is 16.3 Å². The van der Waals surface area contributed by atoms with Crippen LogP contribution in [-0.4, -0.2) is 15.0 Å². The maximum atomic E-state index is 12.1. The quantitative estimate of drug-likeness (QED) is 0.887. The third kappa shape index (κ3) is 4.20. The Labute approximate surface area is 129 Å². The smallest absolute Gasteiger partial charge is 0.240 e. The first-order valence-electron chi connectivity index (χ1n) is 6.49. The van der Waals surface area contributed by atoms with Crippen LogP contribution in [0.25, 0.3) is 0 Å². The van der Waals surface area contributed by atoms with Gasteiger partial charge in [0.1, 0.15) is 5.75 Å². The Morgan fingerprint density at radius 1 is 1.14 bits per heavy atom.